The second kappa shape index (κ2) is 16.0. The van der Waals surface area contributed by atoms with E-state index in [0.29, 0.717) is 63.1 Å². The summed E-state index contributed by atoms with van der Waals surface area (Å²) in [5.74, 6) is 2.98. The van der Waals surface area contributed by atoms with Crippen molar-refractivity contribution in [1.29, 1.82) is 0 Å². The fourth-order valence-corrected chi connectivity index (χ4v) is 8.57. The maximum absolute atomic E-state index is 14.4. The first-order chi connectivity index (χ1) is 23.7. The summed E-state index contributed by atoms with van der Waals surface area (Å²) in [6.07, 6.45) is 10.6. The van der Waals surface area contributed by atoms with E-state index in [4.69, 9.17) is 14.5 Å². The number of benzene rings is 1. The molecule has 1 saturated heterocycles. The largest absolute Gasteiger partial charge is 0.496 e. The Bertz CT molecular complexity index is 1570. The van der Waals surface area contributed by atoms with Gasteiger partial charge in [0.25, 0.3) is 0 Å². The van der Waals surface area contributed by atoms with Gasteiger partial charge in [-0.3, -0.25) is 9.69 Å². The van der Waals surface area contributed by atoms with Crippen LogP contribution in [0.3, 0.4) is 0 Å². The first-order valence-electron chi connectivity index (χ1n) is 18.2. The molecule has 3 aliphatic rings. The zero-order valence-electron chi connectivity index (χ0n) is 29.9. The third-order valence-electron chi connectivity index (χ3n) is 10.8. The molecule has 0 bridgehead atoms. The average Bonchev–Trinajstić information content (AvgIpc) is 3.63. The Kier molecular flexibility index (Phi) is 11.6. The molecule has 3 aromatic rings. The lowest BCUT2D eigenvalue weighted by atomic mass is 9.78. The number of piperazine rings is 1. The zero-order valence-corrected chi connectivity index (χ0v) is 30.7. The van der Waals surface area contributed by atoms with Crippen LogP contribution in [0.4, 0.5) is 10.6 Å². The van der Waals surface area contributed by atoms with Gasteiger partial charge in [-0.25, -0.2) is 14.8 Å². The predicted molar refractivity (Wildman–Crippen MR) is 196 cm³/mol. The molecule has 0 N–H and O–H groups in total. The van der Waals surface area contributed by atoms with E-state index in [2.05, 4.69) is 62.0 Å². The highest BCUT2D eigenvalue weighted by molar-refractivity contribution is 7.15. The molecule has 49 heavy (non-hydrogen) atoms. The van der Waals surface area contributed by atoms with Gasteiger partial charge < -0.3 is 19.3 Å². The van der Waals surface area contributed by atoms with E-state index in [9.17, 15) is 9.59 Å². The van der Waals surface area contributed by atoms with Crippen molar-refractivity contribution in [3.05, 3.63) is 58.9 Å². The second-order valence-electron chi connectivity index (χ2n) is 14.7. The number of ether oxygens (including phenoxy) is 2. The summed E-state index contributed by atoms with van der Waals surface area (Å²) < 4.78 is 11.4. The van der Waals surface area contributed by atoms with Gasteiger partial charge in [-0.1, -0.05) is 26.0 Å². The van der Waals surface area contributed by atoms with Crippen molar-refractivity contribution in [2.24, 2.45) is 11.8 Å². The van der Waals surface area contributed by atoms with Gasteiger partial charge in [0.15, 0.2) is 0 Å². The van der Waals surface area contributed by atoms with E-state index in [1.54, 1.807) is 18.4 Å². The quantitative estimate of drug-likeness (QED) is 0.226. The second-order valence-corrected chi connectivity index (χ2v) is 15.7. The Morgan fingerprint density at radius 2 is 1.69 bits per heavy atom. The van der Waals surface area contributed by atoms with Crippen molar-refractivity contribution in [3.8, 4) is 16.2 Å². The fourth-order valence-electron chi connectivity index (χ4n) is 7.65. The van der Waals surface area contributed by atoms with E-state index in [-0.39, 0.29) is 24.0 Å². The number of aromatic nitrogens is 2. The van der Waals surface area contributed by atoms with E-state index in [1.807, 2.05) is 28.3 Å². The van der Waals surface area contributed by atoms with Gasteiger partial charge in [0.05, 0.1) is 17.0 Å². The Labute approximate surface area is 296 Å². The molecule has 6 rings (SSSR count). The van der Waals surface area contributed by atoms with Gasteiger partial charge in [-0.05, 0) is 112 Å². The summed E-state index contributed by atoms with van der Waals surface area (Å²) in [4.78, 5) is 43.8. The van der Waals surface area contributed by atoms with Crippen LogP contribution in [-0.2, 0) is 9.53 Å². The molecule has 2 saturated carbocycles. The third kappa shape index (κ3) is 8.63. The summed E-state index contributed by atoms with van der Waals surface area (Å²) >= 11 is 1.71. The zero-order chi connectivity index (χ0) is 34.5. The van der Waals surface area contributed by atoms with Crippen LogP contribution in [0.15, 0.2) is 42.7 Å². The first kappa shape index (κ1) is 35.3. The number of carbonyl (C=O) groups is 2. The van der Waals surface area contributed by atoms with Crippen LogP contribution in [0.5, 0.6) is 5.75 Å². The number of methoxy groups -OCH3 is 1. The van der Waals surface area contributed by atoms with Crippen molar-refractivity contribution >= 4 is 29.2 Å². The molecular formula is C39H53N5O4S. The molecule has 0 atom stereocenters. The number of amides is 2. The molecule has 0 radical (unpaired) electrons. The molecule has 2 aliphatic carbocycles. The monoisotopic (exact) mass is 687 g/mol. The van der Waals surface area contributed by atoms with Gasteiger partial charge in [0.1, 0.15) is 17.7 Å². The number of aryl methyl sites for hydroxylation is 1. The van der Waals surface area contributed by atoms with Crippen molar-refractivity contribution in [3.63, 3.8) is 0 Å². The number of nitrogens with zero attached hydrogens (tertiary/aromatic N) is 5. The van der Waals surface area contributed by atoms with Crippen LogP contribution >= 0.6 is 11.3 Å². The Morgan fingerprint density at radius 3 is 2.35 bits per heavy atom. The summed E-state index contributed by atoms with van der Waals surface area (Å²) in [6.45, 7) is 10.2. The standard InChI is InChI=1S/C39H53N5O4S/c1-26(2)37-41-24-35(49-37)32-16-17-40-36(23-32)44(25-28-6-8-29(9-7-28)31-12-15-34(47-5)27(3)22-31)38(45)30-10-13-33(14-11-30)48-39(46)43-20-18-42(4)19-21-43/h12,15-17,22-24,26,28-30,33H,6-11,13-14,18-21,25H2,1-5H3. The molecule has 264 valence electrons. The lowest BCUT2D eigenvalue weighted by Crippen LogP contribution is -2.48. The summed E-state index contributed by atoms with van der Waals surface area (Å²) in [6, 6.07) is 10.7. The van der Waals surface area contributed by atoms with Crippen molar-refractivity contribution in [2.75, 3.05) is 51.8 Å². The van der Waals surface area contributed by atoms with E-state index < -0.39 is 0 Å². The number of pyridine rings is 1. The van der Waals surface area contributed by atoms with Crippen LogP contribution in [0, 0.1) is 18.8 Å². The molecular weight excluding hydrogens is 635 g/mol. The molecule has 1 aliphatic heterocycles. The molecule has 1 aromatic carbocycles. The van der Waals surface area contributed by atoms with E-state index in [0.717, 1.165) is 65.8 Å². The van der Waals surface area contributed by atoms with Crippen molar-refractivity contribution < 1.29 is 19.1 Å². The number of rotatable bonds is 9. The van der Waals surface area contributed by atoms with Gasteiger partial charge in [-0.15, -0.1) is 11.3 Å². The number of thiazole rings is 1. The van der Waals surface area contributed by atoms with Crippen LogP contribution in [0.2, 0.25) is 0 Å². The van der Waals surface area contributed by atoms with Gasteiger partial charge >= 0.3 is 6.09 Å². The lowest BCUT2D eigenvalue weighted by Gasteiger charge is -2.36. The maximum atomic E-state index is 14.4. The van der Waals surface area contributed by atoms with Gasteiger partial charge in [-0.2, -0.15) is 0 Å². The highest BCUT2D eigenvalue weighted by Gasteiger charge is 2.35. The minimum absolute atomic E-state index is 0.112. The molecule has 2 amide bonds. The summed E-state index contributed by atoms with van der Waals surface area (Å²) in [7, 11) is 3.80. The minimum Gasteiger partial charge on any atom is -0.496 e. The predicted octanol–water partition coefficient (Wildman–Crippen LogP) is 7.90. The molecule has 3 fully saturated rings. The molecule has 0 unspecified atom stereocenters. The molecule has 10 heteroatoms. The molecule has 3 heterocycles. The molecule has 2 aromatic heterocycles. The molecule has 9 nitrogen and oxygen atoms in total. The van der Waals surface area contributed by atoms with Crippen LogP contribution in [0.25, 0.3) is 10.4 Å². The van der Waals surface area contributed by atoms with E-state index >= 15 is 0 Å². The van der Waals surface area contributed by atoms with Crippen LogP contribution < -0.4 is 9.64 Å². The summed E-state index contributed by atoms with van der Waals surface area (Å²) in [5, 5.41) is 1.11. The molecule has 0 spiro atoms. The third-order valence-corrected chi connectivity index (χ3v) is 12.2. The maximum Gasteiger partial charge on any atom is 0.410 e. The van der Waals surface area contributed by atoms with Crippen LogP contribution in [-0.4, -0.2) is 84.8 Å². The normalized spacial score (nSPS) is 23.3. The summed E-state index contributed by atoms with van der Waals surface area (Å²) in [5.41, 5.74) is 3.61. The van der Waals surface area contributed by atoms with Crippen LogP contribution in [0.1, 0.15) is 93.2 Å². The van der Waals surface area contributed by atoms with Gasteiger partial charge in [0, 0.05) is 57.0 Å². The number of carbonyl (C=O) groups excluding carboxylic acids is 2. The number of hydrogen-bond donors (Lipinski definition) is 0. The fraction of sp³-hybridized carbons (Fsp3) is 0.590. The Balaban J connectivity index is 1.14. The number of likely N-dealkylation sites (N-methyl/N-ethyl adjacent to an activating group) is 1. The number of anilines is 1. The minimum atomic E-state index is -0.213. The van der Waals surface area contributed by atoms with Crippen molar-refractivity contribution in [2.45, 2.75) is 90.1 Å². The highest BCUT2D eigenvalue weighted by atomic mass is 32.1. The van der Waals surface area contributed by atoms with Crippen molar-refractivity contribution in [1.82, 2.24) is 19.8 Å². The lowest BCUT2D eigenvalue weighted by molar-refractivity contribution is -0.124. The smallest absolute Gasteiger partial charge is 0.410 e. The average molecular weight is 688 g/mol. The van der Waals surface area contributed by atoms with E-state index in [1.165, 1.54) is 11.1 Å². The first-order valence-corrected chi connectivity index (χ1v) is 19.0. The SMILES string of the molecule is COc1ccc(C2CCC(CN(C(=O)C3CCC(OC(=O)N4CCN(C)CC4)CC3)c3cc(-c4cnc(C(C)C)s4)ccn3)CC2)cc1C. The van der Waals surface area contributed by atoms with Gasteiger partial charge in [0.2, 0.25) is 5.91 Å². The Morgan fingerprint density at radius 1 is 0.959 bits per heavy atom. The highest BCUT2D eigenvalue weighted by Crippen LogP contribution is 2.39. The topological polar surface area (TPSA) is 88.1 Å². The Hall–Kier alpha value is -3.50. The number of hydrogen-bond acceptors (Lipinski definition) is 8.